The third kappa shape index (κ3) is 4.09. The first kappa shape index (κ1) is 18.9. The van der Waals surface area contributed by atoms with E-state index >= 15 is 0 Å². The topological polar surface area (TPSA) is 66.8 Å². The Morgan fingerprint density at radius 1 is 1.07 bits per heavy atom. The van der Waals surface area contributed by atoms with Crippen LogP contribution in [-0.4, -0.2) is 42.0 Å². The molecule has 140 valence electrons. The van der Waals surface area contributed by atoms with Crippen LogP contribution in [0.25, 0.3) is 0 Å². The minimum absolute atomic E-state index is 0.179. The van der Waals surface area contributed by atoms with Gasteiger partial charge in [0.15, 0.2) is 11.5 Å². The van der Waals surface area contributed by atoms with Crippen molar-refractivity contribution < 1.29 is 19.4 Å². The van der Waals surface area contributed by atoms with Gasteiger partial charge in [-0.1, -0.05) is 60.7 Å². The van der Waals surface area contributed by atoms with Crippen molar-refractivity contribution in [2.24, 2.45) is 0 Å². The summed E-state index contributed by atoms with van der Waals surface area (Å²) in [4.78, 5) is 27.0. The summed E-state index contributed by atoms with van der Waals surface area (Å²) in [5, 5.41) is 10.5. The number of aliphatic hydroxyl groups is 1. The molecule has 5 nitrogen and oxygen atoms in total. The number of hydrogen-bond acceptors (Lipinski definition) is 4. The highest BCUT2D eigenvalue weighted by Crippen LogP contribution is 2.38. The highest BCUT2D eigenvalue weighted by Gasteiger charge is 2.42. The summed E-state index contributed by atoms with van der Waals surface area (Å²) < 4.78 is 5.09. The van der Waals surface area contributed by atoms with Crippen LogP contribution in [0, 0.1) is 0 Å². The summed E-state index contributed by atoms with van der Waals surface area (Å²) in [6.07, 6.45) is 0.794. The Kier molecular flexibility index (Phi) is 6.04. The summed E-state index contributed by atoms with van der Waals surface area (Å²) in [6.45, 7) is 0.627. The molecule has 1 amide bonds. The van der Waals surface area contributed by atoms with Crippen molar-refractivity contribution in [1.82, 2.24) is 4.90 Å². The van der Waals surface area contributed by atoms with E-state index in [0.717, 1.165) is 11.1 Å². The van der Waals surface area contributed by atoms with Crippen LogP contribution in [0.4, 0.5) is 0 Å². The van der Waals surface area contributed by atoms with Gasteiger partial charge in [0.2, 0.25) is 0 Å². The Balaban J connectivity index is 1.87. The van der Waals surface area contributed by atoms with Gasteiger partial charge < -0.3 is 14.7 Å². The van der Waals surface area contributed by atoms with Gasteiger partial charge in [-0.15, -0.1) is 0 Å². The predicted molar refractivity (Wildman–Crippen MR) is 102 cm³/mol. The predicted octanol–water partition coefficient (Wildman–Crippen LogP) is 3.23. The van der Waals surface area contributed by atoms with Crippen molar-refractivity contribution >= 4 is 11.7 Å². The molecule has 1 aliphatic heterocycles. The van der Waals surface area contributed by atoms with Crippen molar-refractivity contribution in [3.8, 4) is 0 Å². The van der Waals surface area contributed by atoms with Gasteiger partial charge in [0, 0.05) is 20.1 Å². The number of aliphatic hydroxyl groups excluding tert-OH is 1. The fourth-order valence-electron chi connectivity index (χ4n) is 3.38. The average Bonchev–Trinajstić information content (AvgIpc) is 2.96. The molecule has 0 saturated heterocycles. The van der Waals surface area contributed by atoms with Gasteiger partial charge in [-0.2, -0.15) is 0 Å². The van der Waals surface area contributed by atoms with E-state index < -0.39 is 17.7 Å². The lowest BCUT2D eigenvalue weighted by Gasteiger charge is -2.26. The van der Waals surface area contributed by atoms with Crippen LogP contribution in [0.3, 0.4) is 0 Å². The fraction of sp³-hybridized carbons (Fsp3) is 0.273. The Bertz CT molecular complexity index is 830. The van der Waals surface area contributed by atoms with Gasteiger partial charge in [-0.05, 0) is 17.5 Å². The molecule has 0 fully saturated rings. The third-order valence-corrected chi connectivity index (χ3v) is 4.74. The van der Waals surface area contributed by atoms with Crippen molar-refractivity contribution in [1.29, 1.82) is 0 Å². The van der Waals surface area contributed by atoms with Gasteiger partial charge in [0.1, 0.15) is 0 Å². The van der Waals surface area contributed by atoms with Crippen LogP contribution in [-0.2, 0) is 20.7 Å². The molecular formula is C22H23NO4. The zero-order chi connectivity index (χ0) is 19.2. The van der Waals surface area contributed by atoms with E-state index in [1.807, 2.05) is 60.7 Å². The average molecular weight is 365 g/mol. The molecule has 3 rings (SSSR count). The zero-order valence-corrected chi connectivity index (χ0v) is 15.3. The summed E-state index contributed by atoms with van der Waals surface area (Å²) in [6, 6.07) is 18.4. The number of carbonyl (C=O) groups is 2. The second-order valence-electron chi connectivity index (χ2n) is 6.48. The second-order valence-corrected chi connectivity index (χ2v) is 6.48. The number of aryl methyl sites for hydroxylation is 1. The molecular weight excluding hydrogens is 342 g/mol. The van der Waals surface area contributed by atoms with E-state index in [2.05, 4.69) is 0 Å². The maximum Gasteiger partial charge on any atom is 0.290 e. The molecule has 0 aliphatic carbocycles. The first-order valence-corrected chi connectivity index (χ1v) is 8.98. The number of Topliss-reactive ketones (excluding diaryl/α,β-unsaturated/α-hetero) is 1. The third-order valence-electron chi connectivity index (χ3n) is 4.74. The highest BCUT2D eigenvalue weighted by molar-refractivity contribution is 6.09. The number of amides is 1. The molecule has 5 heteroatoms. The SMILES string of the molecule is COCCN1C(=O)C(O)=C(C(=O)CCc2ccccc2)C1c1ccccc1. The van der Waals surface area contributed by atoms with E-state index in [9.17, 15) is 14.7 Å². The van der Waals surface area contributed by atoms with E-state index in [4.69, 9.17) is 4.74 Å². The number of rotatable bonds is 8. The molecule has 27 heavy (non-hydrogen) atoms. The van der Waals surface area contributed by atoms with Crippen LogP contribution in [0.15, 0.2) is 72.0 Å². The maximum absolute atomic E-state index is 12.9. The lowest BCUT2D eigenvalue weighted by atomic mass is 9.93. The van der Waals surface area contributed by atoms with Crippen LogP contribution >= 0.6 is 0 Å². The summed E-state index contributed by atoms with van der Waals surface area (Å²) in [5.74, 6) is -1.18. The molecule has 0 spiro atoms. The summed E-state index contributed by atoms with van der Waals surface area (Å²) >= 11 is 0. The second kappa shape index (κ2) is 8.64. The first-order chi connectivity index (χ1) is 13.1. The molecule has 0 radical (unpaired) electrons. The molecule has 0 bridgehead atoms. The van der Waals surface area contributed by atoms with Gasteiger partial charge >= 0.3 is 0 Å². The number of methoxy groups -OCH3 is 1. The molecule has 1 heterocycles. The molecule has 1 unspecified atom stereocenters. The quantitative estimate of drug-likeness (QED) is 0.780. The lowest BCUT2D eigenvalue weighted by molar-refractivity contribution is -0.130. The summed E-state index contributed by atoms with van der Waals surface area (Å²) in [7, 11) is 1.55. The molecule has 1 atom stereocenters. The molecule has 2 aromatic rings. The Morgan fingerprint density at radius 3 is 2.33 bits per heavy atom. The monoisotopic (exact) mass is 365 g/mol. The van der Waals surface area contributed by atoms with E-state index in [-0.39, 0.29) is 17.8 Å². The van der Waals surface area contributed by atoms with Gasteiger partial charge in [-0.3, -0.25) is 9.59 Å². The van der Waals surface area contributed by atoms with Crippen molar-refractivity contribution in [2.45, 2.75) is 18.9 Å². The maximum atomic E-state index is 12.9. The number of hydrogen-bond donors (Lipinski definition) is 1. The standard InChI is InChI=1S/C22H23NO4/c1-27-15-14-23-20(17-10-6-3-7-11-17)19(21(25)22(23)26)18(24)13-12-16-8-4-2-5-9-16/h2-11,20,25H,12-15H2,1H3. The molecule has 2 aromatic carbocycles. The van der Waals surface area contributed by atoms with Gasteiger partial charge in [0.05, 0.1) is 18.2 Å². The van der Waals surface area contributed by atoms with Gasteiger partial charge in [-0.25, -0.2) is 0 Å². The summed E-state index contributed by atoms with van der Waals surface area (Å²) in [5.41, 5.74) is 2.02. The highest BCUT2D eigenvalue weighted by atomic mass is 16.5. The van der Waals surface area contributed by atoms with Gasteiger partial charge in [0.25, 0.3) is 5.91 Å². The van der Waals surface area contributed by atoms with E-state index in [0.29, 0.717) is 19.6 Å². The van der Waals surface area contributed by atoms with Crippen molar-refractivity contribution in [3.63, 3.8) is 0 Å². The van der Waals surface area contributed by atoms with Crippen LogP contribution in [0.2, 0.25) is 0 Å². The van der Waals surface area contributed by atoms with Crippen molar-refractivity contribution in [3.05, 3.63) is 83.1 Å². The number of ether oxygens (including phenoxy) is 1. The van der Waals surface area contributed by atoms with Crippen molar-refractivity contribution in [2.75, 3.05) is 20.3 Å². The largest absolute Gasteiger partial charge is 0.503 e. The Labute approximate surface area is 158 Å². The molecule has 0 aromatic heterocycles. The number of ketones is 1. The fourth-order valence-corrected chi connectivity index (χ4v) is 3.38. The zero-order valence-electron chi connectivity index (χ0n) is 15.3. The molecule has 1 N–H and O–H groups in total. The van der Waals surface area contributed by atoms with E-state index in [1.165, 1.54) is 4.90 Å². The Hall–Kier alpha value is -2.92. The molecule has 0 saturated carbocycles. The van der Waals surface area contributed by atoms with Crippen LogP contribution in [0.1, 0.15) is 23.6 Å². The minimum atomic E-state index is -0.586. The lowest BCUT2D eigenvalue weighted by Crippen LogP contribution is -2.34. The number of nitrogens with zero attached hydrogens (tertiary/aromatic N) is 1. The number of carbonyl (C=O) groups excluding carboxylic acids is 2. The van der Waals surface area contributed by atoms with Crippen LogP contribution < -0.4 is 0 Å². The minimum Gasteiger partial charge on any atom is -0.503 e. The van der Waals surface area contributed by atoms with Crippen LogP contribution in [0.5, 0.6) is 0 Å². The van der Waals surface area contributed by atoms with E-state index in [1.54, 1.807) is 7.11 Å². The normalized spacial score (nSPS) is 16.9. The first-order valence-electron chi connectivity index (χ1n) is 8.98. The Morgan fingerprint density at radius 2 is 1.70 bits per heavy atom. The molecule has 1 aliphatic rings. The number of benzene rings is 2. The smallest absolute Gasteiger partial charge is 0.290 e.